The third-order valence-corrected chi connectivity index (χ3v) is 3.57. The number of pyridine rings is 1. The Morgan fingerprint density at radius 1 is 1.30 bits per heavy atom. The number of H-pyrrole nitrogens is 1. The third-order valence-electron chi connectivity index (χ3n) is 3.27. The van der Waals surface area contributed by atoms with Gasteiger partial charge in [0.1, 0.15) is 11.5 Å². The number of amides is 1. The number of hydrogen-bond acceptors (Lipinski definition) is 3. The Bertz CT molecular complexity index is 871. The summed E-state index contributed by atoms with van der Waals surface area (Å²) in [6, 6.07) is 9.45. The summed E-state index contributed by atoms with van der Waals surface area (Å²) in [5, 5.41) is 2.81. The van der Waals surface area contributed by atoms with Crippen LogP contribution in [0.4, 0.5) is 4.39 Å². The summed E-state index contributed by atoms with van der Waals surface area (Å²) in [6.07, 6.45) is 4.89. The van der Waals surface area contributed by atoms with E-state index >= 15 is 0 Å². The van der Waals surface area contributed by atoms with Crippen LogP contribution in [0.15, 0.2) is 55.0 Å². The summed E-state index contributed by atoms with van der Waals surface area (Å²) in [6.45, 7) is 0.355. The minimum absolute atomic E-state index is 0.287. The predicted octanol–water partition coefficient (Wildman–Crippen LogP) is 3.00. The van der Waals surface area contributed by atoms with Crippen LogP contribution in [0.5, 0.6) is 0 Å². The Morgan fingerprint density at radius 3 is 2.78 bits per heavy atom. The molecule has 0 spiro atoms. The third kappa shape index (κ3) is 3.35. The van der Waals surface area contributed by atoms with E-state index in [9.17, 15) is 9.18 Å². The van der Waals surface area contributed by atoms with E-state index in [1.165, 1.54) is 18.3 Å². The molecule has 1 amide bonds. The molecule has 1 aromatic carbocycles. The molecule has 5 nitrogen and oxygen atoms in total. The van der Waals surface area contributed by atoms with E-state index in [4.69, 9.17) is 12.2 Å². The van der Waals surface area contributed by atoms with Gasteiger partial charge in [-0.05, 0) is 48.1 Å². The highest BCUT2D eigenvalue weighted by atomic mass is 32.1. The maximum absolute atomic E-state index is 13.1. The molecular formula is C16H13FN4OS. The molecule has 7 heteroatoms. The normalized spacial score (nSPS) is 10.5. The fourth-order valence-corrected chi connectivity index (χ4v) is 2.42. The van der Waals surface area contributed by atoms with E-state index in [1.54, 1.807) is 35.2 Å². The van der Waals surface area contributed by atoms with Crippen molar-refractivity contribution in [2.75, 3.05) is 0 Å². The van der Waals surface area contributed by atoms with Gasteiger partial charge in [-0.1, -0.05) is 6.07 Å². The number of halogens is 1. The zero-order valence-electron chi connectivity index (χ0n) is 12.0. The van der Waals surface area contributed by atoms with E-state index in [1.807, 2.05) is 6.07 Å². The van der Waals surface area contributed by atoms with Crippen LogP contribution in [0, 0.1) is 10.6 Å². The lowest BCUT2D eigenvalue weighted by molar-refractivity contribution is 0.0944. The molecule has 0 atom stereocenters. The second kappa shape index (κ2) is 6.53. The Balaban J connectivity index is 1.84. The van der Waals surface area contributed by atoms with Crippen LogP contribution in [0.1, 0.15) is 16.1 Å². The molecule has 2 N–H and O–H groups in total. The summed E-state index contributed by atoms with van der Waals surface area (Å²) in [7, 11) is 0. The largest absolute Gasteiger partial charge is 0.347 e. The predicted molar refractivity (Wildman–Crippen MR) is 86.3 cm³/mol. The Morgan fingerprint density at radius 2 is 2.09 bits per heavy atom. The summed E-state index contributed by atoms with van der Waals surface area (Å²) in [5.41, 5.74) is 1.86. The highest BCUT2D eigenvalue weighted by molar-refractivity contribution is 7.71. The van der Waals surface area contributed by atoms with Gasteiger partial charge in [0.15, 0.2) is 4.77 Å². The van der Waals surface area contributed by atoms with Crippen LogP contribution in [0.2, 0.25) is 0 Å². The number of benzene rings is 1. The van der Waals surface area contributed by atoms with E-state index in [0.717, 1.165) is 5.56 Å². The van der Waals surface area contributed by atoms with Crippen molar-refractivity contribution in [3.63, 3.8) is 0 Å². The van der Waals surface area contributed by atoms with E-state index in [0.29, 0.717) is 22.7 Å². The van der Waals surface area contributed by atoms with Gasteiger partial charge in [-0.3, -0.25) is 14.3 Å². The van der Waals surface area contributed by atoms with Gasteiger partial charge in [0.2, 0.25) is 0 Å². The smallest absolute Gasteiger partial charge is 0.270 e. The van der Waals surface area contributed by atoms with Crippen LogP contribution in [-0.4, -0.2) is 20.4 Å². The number of carbonyl (C=O) groups excluding carboxylic acids is 1. The number of imidazole rings is 1. The van der Waals surface area contributed by atoms with Crippen molar-refractivity contribution in [2.45, 2.75) is 6.54 Å². The van der Waals surface area contributed by atoms with Gasteiger partial charge in [-0.25, -0.2) is 4.39 Å². The minimum atomic E-state index is -0.349. The molecule has 3 aromatic rings. The number of rotatable bonds is 4. The van der Waals surface area contributed by atoms with Crippen LogP contribution in [0.25, 0.3) is 5.69 Å². The molecule has 3 rings (SSSR count). The standard InChI is InChI=1S/C16H13FN4OS/c17-12-3-5-13(6-4-12)21-14(10-20-16(21)23)15(22)19-9-11-2-1-7-18-8-11/h1-8,10H,9H2,(H,19,22)(H,20,23). The molecule has 0 saturated heterocycles. The lowest BCUT2D eigenvalue weighted by Crippen LogP contribution is -2.25. The molecule has 0 radical (unpaired) electrons. The zero-order chi connectivity index (χ0) is 16.2. The van der Waals surface area contributed by atoms with Crippen LogP contribution < -0.4 is 5.32 Å². The highest BCUT2D eigenvalue weighted by Gasteiger charge is 2.14. The van der Waals surface area contributed by atoms with Gasteiger partial charge in [-0.2, -0.15) is 0 Å². The van der Waals surface area contributed by atoms with Crippen molar-refractivity contribution in [1.29, 1.82) is 0 Å². The van der Waals surface area contributed by atoms with Gasteiger partial charge < -0.3 is 10.3 Å². The first-order valence-corrected chi connectivity index (χ1v) is 7.29. The Hall–Kier alpha value is -2.80. The quantitative estimate of drug-likeness (QED) is 0.724. The fraction of sp³-hybridized carbons (Fsp3) is 0.0625. The SMILES string of the molecule is O=C(NCc1cccnc1)c1c[nH]c(=S)n1-c1ccc(F)cc1. The van der Waals surface area contributed by atoms with Gasteiger partial charge >= 0.3 is 0 Å². The number of aromatic nitrogens is 3. The van der Waals surface area contributed by atoms with Gasteiger partial charge in [0.25, 0.3) is 5.91 Å². The topological polar surface area (TPSA) is 62.7 Å². The molecule has 0 unspecified atom stereocenters. The Kier molecular flexibility index (Phi) is 4.29. The lowest BCUT2D eigenvalue weighted by Gasteiger charge is -2.09. The molecule has 0 aliphatic rings. The second-order valence-electron chi connectivity index (χ2n) is 4.83. The van der Waals surface area contributed by atoms with Crippen LogP contribution in [0.3, 0.4) is 0 Å². The second-order valence-corrected chi connectivity index (χ2v) is 5.22. The molecule has 0 aliphatic heterocycles. The molecule has 0 saturated carbocycles. The summed E-state index contributed by atoms with van der Waals surface area (Å²) in [5.74, 6) is -0.635. The molecule has 23 heavy (non-hydrogen) atoms. The molecular weight excluding hydrogens is 315 g/mol. The van der Waals surface area contributed by atoms with Crippen LogP contribution >= 0.6 is 12.2 Å². The van der Waals surface area contributed by atoms with E-state index < -0.39 is 0 Å². The van der Waals surface area contributed by atoms with E-state index in [2.05, 4.69) is 15.3 Å². The number of aromatic amines is 1. The maximum Gasteiger partial charge on any atom is 0.270 e. The van der Waals surface area contributed by atoms with Gasteiger partial charge in [-0.15, -0.1) is 0 Å². The Labute approximate surface area is 136 Å². The van der Waals surface area contributed by atoms with Crippen LogP contribution in [-0.2, 0) is 6.54 Å². The van der Waals surface area contributed by atoms with Crippen molar-refractivity contribution in [3.05, 3.63) is 76.8 Å². The lowest BCUT2D eigenvalue weighted by atomic mass is 10.2. The molecule has 116 valence electrons. The zero-order valence-corrected chi connectivity index (χ0v) is 12.8. The molecule has 2 aromatic heterocycles. The first kappa shape index (κ1) is 15.1. The molecule has 0 fully saturated rings. The van der Waals surface area contributed by atoms with Crippen molar-refractivity contribution < 1.29 is 9.18 Å². The first-order chi connectivity index (χ1) is 11.1. The average molecular weight is 328 g/mol. The highest BCUT2D eigenvalue weighted by Crippen LogP contribution is 2.14. The number of nitrogens with one attached hydrogen (secondary N) is 2. The van der Waals surface area contributed by atoms with Crippen molar-refractivity contribution >= 4 is 18.1 Å². The number of nitrogens with zero attached hydrogens (tertiary/aromatic N) is 2. The van der Waals surface area contributed by atoms with Crippen molar-refractivity contribution in [3.8, 4) is 5.69 Å². The monoisotopic (exact) mass is 328 g/mol. The average Bonchev–Trinajstić information content (AvgIpc) is 2.96. The van der Waals surface area contributed by atoms with Gasteiger partial charge in [0.05, 0.1) is 0 Å². The van der Waals surface area contributed by atoms with Crippen molar-refractivity contribution in [2.24, 2.45) is 0 Å². The van der Waals surface area contributed by atoms with Crippen molar-refractivity contribution in [1.82, 2.24) is 19.9 Å². The first-order valence-electron chi connectivity index (χ1n) is 6.88. The summed E-state index contributed by atoms with van der Waals surface area (Å²) < 4.78 is 15.0. The maximum atomic E-state index is 13.1. The summed E-state index contributed by atoms with van der Waals surface area (Å²) in [4.78, 5) is 19.2. The minimum Gasteiger partial charge on any atom is -0.347 e. The number of carbonyl (C=O) groups is 1. The molecule has 0 aliphatic carbocycles. The molecule has 0 bridgehead atoms. The van der Waals surface area contributed by atoms with Gasteiger partial charge in [0, 0.05) is 30.8 Å². The summed E-state index contributed by atoms with van der Waals surface area (Å²) >= 11 is 5.21. The number of hydrogen-bond donors (Lipinski definition) is 2. The molecule has 2 heterocycles. The van der Waals surface area contributed by atoms with E-state index in [-0.39, 0.29) is 11.7 Å². The fourth-order valence-electron chi connectivity index (χ4n) is 2.16.